The zero-order chi connectivity index (χ0) is 19.3. The van der Waals surface area contributed by atoms with Gasteiger partial charge in [-0.2, -0.15) is 0 Å². The molecule has 144 valence electrons. The minimum absolute atomic E-state index is 0.467. The van der Waals surface area contributed by atoms with E-state index in [-0.39, 0.29) is 0 Å². The normalized spacial score (nSPS) is 14.0. The molecule has 0 atom stereocenters. The highest BCUT2D eigenvalue weighted by Gasteiger charge is 2.13. The Morgan fingerprint density at radius 2 is 1.96 bits per heavy atom. The lowest BCUT2D eigenvalue weighted by Crippen LogP contribution is -2.24. The minimum atomic E-state index is 0.467. The van der Waals surface area contributed by atoms with Crippen LogP contribution < -0.4 is 11.1 Å². The highest BCUT2D eigenvalue weighted by atomic mass is 15.1. The maximum atomic E-state index is 6.18. The lowest BCUT2D eigenvalue weighted by atomic mass is 9.90. The van der Waals surface area contributed by atoms with Gasteiger partial charge in [-0.1, -0.05) is 36.4 Å². The summed E-state index contributed by atoms with van der Waals surface area (Å²) in [6.07, 6.45) is 8.62. The van der Waals surface area contributed by atoms with Crippen LogP contribution in [0.1, 0.15) is 40.9 Å². The minimum Gasteiger partial charge on any atom is -0.370 e. The summed E-state index contributed by atoms with van der Waals surface area (Å²) >= 11 is 0. The van der Waals surface area contributed by atoms with E-state index >= 15 is 0 Å². The number of anilines is 1. The number of nitrogens with two attached hydrogens (primary N) is 1. The molecule has 0 aliphatic heterocycles. The van der Waals surface area contributed by atoms with Crippen molar-refractivity contribution >= 4 is 11.6 Å². The van der Waals surface area contributed by atoms with Gasteiger partial charge in [-0.15, -0.1) is 0 Å². The van der Waals surface area contributed by atoms with E-state index in [0.717, 1.165) is 36.5 Å². The number of guanidine groups is 1. The second kappa shape index (κ2) is 8.30. The molecular formula is C23H27N5. The highest BCUT2D eigenvalue weighted by molar-refractivity contribution is 5.93. The molecule has 0 bridgehead atoms. The van der Waals surface area contributed by atoms with E-state index in [9.17, 15) is 0 Å². The van der Waals surface area contributed by atoms with E-state index in [0.29, 0.717) is 12.5 Å². The number of imidazole rings is 1. The zero-order valence-electron chi connectivity index (χ0n) is 16.4. The quantitative estimate of drug-likeness (QED) is 0.524. The molecule has 3 N–H and O–H groups in total. The fourth-order valence-corrected chi connectivity index (χ4v) is 3.85. The van der Waals surface area contributed by atoms with Gasteiger partial charge in [0.05, 0.1) is 6.54 Å². The monoisotopic (exact) mass is 373 g/mol. The Bertz CT molecular complexity index is 986. The van der Waals surface area contributed by atoms with Crippen LogP contribution in [0.3, 0.4) is 0 Å². The maximum absolute atomic E-state index is 6.18. The molecule has 2 aromatic carbocycles. The topological polar surface area (TPSA) is 68.2 Å². The van der Waals surface area contributed by atoms with Gasteiger partial charge in [0.15, 0.2) is 5.96 Å². The first kappa shape index (κ1) is 18.3. The van der Waals surface area contributed by atoms with Crippen LogP contribution in [-0.4, -0.2) is 15.5 Å². The van der Waals surface area contributed by atoms with Crippen molar-refractivity contribution in [2.75, 3.05) is 5.32 Å². The number of fused-ring (bicyclic) bond motifs is 1. The molecule has 0 fully saturated rings. The van der Waals surface area contributed by atoms with E-state index in [4.69, 9.17) is 5.73 Å². The first-order valence-corrected chi connectivity index (χ1v) is 9.92. The number of aliphatic imine (C=N–C) groups is 1. The highest BCUT2D eigenvalue weighted by Crippen LogP contribution is 2.27. The summed E-state index contributed by atoms with van der Waals surface area (Å²) in [4.78, 5) is 8.84. The number of nitrogens with one attached hydrogen (secondary N) is 1. The lowest BCUT2D eigenvalue weighted by molar-refractivity contribution is 0.687. The molecule has 0 radical (unpaired) electrons. The van der Waals surface area contributed by atoms with Crippen LogP contribution in [0.4, 0.5) is 5.69 Å². The van der Waals surface area contributed by atoms with Crippen LogP contribution in [-0.2, 0) is 25.9 Å². The third kappa shape index (κ3) is 4.25. The molecule has 1 heterocycles. The number of benzene rings is 2. The Morgan fingerprint density at radius 3 is 2.82 bits per heavy atom. The molecule has 1 aliphatic rings. The molecule has 28 heavy (non-hydrogen) atoms. The number of nitrogens with zero attached hydrogens (tertiary/aromatic N) is 3. The lowest BCUT2D eigenvalue weighted by Gasteiger charge is -2.19. The molecular weight excluding hydrogens is 346 g/mol. The number of hydrogen-bond donors (Lipinski definition) is 2. The molecule has 0 amide bonds. The Balaban J connectivity index is 1.43. The van der Waals surface area contributed by atoms with Crippen molar-refractivity contribution in [2.45, 2.75) is 45.7 Å². The van der Waals surface area contributed by atoms with Crippen molar-refractivity contribution in [3.63, 3.8) is 0 Å². The Morgan fingerprint density at radius 1 is 1.14 bits per heavy atom. The number of rotatable bonds is 5. The predicted molar refractivity (Wildman–Crippen MR) is 115 cm³/mol. The van der Waals surface area contributed by atoms with Crippen molar-refractivity contribution < 1.29 is 0 Å². The van der Waals surface area contributed by atoms with Gasteiger partial charge in [0, 0.05) is 24.6 Å². The van der Waals surface area contributed by atoms with Gasteiger partial charge in [0.25, 0.3) is 0 Å². The van der Waals surface area contributed by atoms with Crippen molar-refractivity contribution in [1.82, 2.24) is 9.55 Å². The summed E-state index contributed by atoms with van der Waals surface area (Å²) < 4.78 is 2.14. The largest absolute Gasteiger partial charge is 0.370 e. The van der Waals surface area contributed by atoms with E-state index in [2.05, 4.69) is 62.3 Å². The molecule has 0 saturated heterocycles. The third-order valence-electron chi connectivity index (χ3n) is 5.36. The van der Waals surface area contributed by atoms with E-state index in [1.807, 2.05) is 19.3 Å². The summed E-state index contributed by atoms with van der Waals surface area (Å²) in [7, 11) is 0. The second-order valence-electron chi connectivity index (χ2n) is 7.40. The van der Waals surface area contributed by atoms with Crippen LogP contribution in [0.2, 0.25) is 0 Å². The maximum Gasteiger partial charge on any atom is 0.193 e. The standard InChI is InChI=1S/C23H27N5/c1-17-25-12-13-28(17)16-19-7-4-6-18(14-19)15-26-23(24)27-22-11-5-9-20-8-2-3-10-21(20)22/h4-7,9,11-14H,2-3,8,10,15-16H2,1H3,(H3,24,26,27). The van der Waals surface area contributed by atoms with Crippen molar-refractivity contribution in [2.24, 2.45) is 10.7 Å². The Kier molecular flexibility index (Phi) is 5.42. The molecule has 5 nitrogen and oxygen atoms in total. The van der Waals surface area contributed by atoms with Gasteiger partial charge in [-0.25, -0.2) is 9.98 Å². The van der Waals surface area contributed by atoms with Crippen LogP contribution >= 0.6 is 0 Å². The third-order valence-corrected chi connectivity index (χ3v) is 5.36. The SMILES string of the molecule is Cc1nccn1Cc1cccc(CN=C(N)Nc2cccc3c2CCCC3)c1. The first-order valence-electron chi connectivity index (χ1n) is 9.92. The number of aryl methyl sites for hydroxylation is 2. The van der Waals surface area contributed by atoms with E-state index in [1.54, 1.807) is 0 Å². The molecule has 0 spiro atoms. The van der Waals surface area contributed by atoms with Gasteiger partial charge in [-0.3, -0.25) is 0 Å². The van der Waals surface area contributed by atoms with Gasteiger partial charge in [-0.05, 0) is 60.9 Å². The van der Waals surface area contributed by atoms with Crippen molar-refractivity contribution in [3.8, 4) is 0 Å². The second-order valence-corrected chi connectivity index (χ2v) is 7.40. The molecule has 4 rings (SSSR count). The van der Waals surface area contributed by atoms with Gasteiger partial charge >= 0.3 is 0 Å². The molecule has 0 unspecified atom stereocenters. The molecule has 3 aromatic rings. The van der Waals surface area contributed by atoms with E-state index in [1.165, 1.54) is 29.5 Å². The smallest absolute Gasteiger partial charge is 0.193 e. The summed E-state index contributed by atoms with van der Waals surface area (Å²) in [6.45, 7) is 3.39. The van der Waals surface area contributed by atoms with E-state index < -0.39 is 0 Å². The van der Waals surface area contributed by atoms with Gasteiger partial charge < -0.3 is 15.6 Å². The predicted octanol–water partition coefficient (Wildman–Crippen LogP) is 4.05. The van der Waals surface area contributed by atoms with Gasteiger partial charge in [0.2, 0.25) is 0 Å². The summed E-state index contributed by atoms with van der Waals surface area (Å²) in [5, 5.41) is 3.31. The summed E-state index contributed by atoms with van der Waals surface area (Å²) in [5.74, 6) is 1.48. The molecule has 0 saturated carbocycles. The molecule has 1 aromatic heterocycles. The zero-order valence-corrected chi connectivity index (χ0v) is 16.4. The van der Waals surface area contributed by atoms with Gasteiger partial charge in [0.1, 0.15) is 5.82 Å². The Labute approximate surface area is 166 Å². The molecule has 5 heteroatoms. The first-order chi connectivity index (χ1) is 13.7. The van der Waals surface area contributed by atoms with Crippen LogP contribution in [0.25, 0.3) is 0 Å². The Hall–Kier alpha value is -3.08. The molecule has 1 aliphatic carbocycles. The summed E-state index contributed by atoms with van der Waals surface area (Å²) in [5.41, 5.74) is 12.5. The van der Waals surface area contributed by atoms with Crippen molar-refractivity contribution in [1.29, 1.82) is 0 Å². The number of hydrogen-bond acceptors (Lipinski definition) is 2. The average Bonchev–Trinajstić information content (AvgIpc) is 3.11. The fraction of sp³-hybridized carbons (Fsp3) is 0.304. The van der Waals surface area contributed by atoms with Crippen LogP contribution in [0, 0.1) is 6.92 Å². The van der Waals surface area contributed by atoms with Crippen LogP contribution in [0.15, 0.2) is 59.9 Å². The fourth-order valence-electron chi connectivity index (χ4n) is 3.85. The number of aromatic nitrogens is 2. The van der Waals surface area contributed by atoms with Crippen molar-refractivity contribution in [3.05, 3.63) is 82.9 Å². The summed E-state index contributed by atoms with van der Waals surface area (Å²) in [6, 6.07) is 14.9. The average molecular weight is 374 g/mol. The van der Waals surface area contributed by atoms with Crippen LogP contribution in [0.5, 0.6) is 0 Å².